The van der Waals surface area contributed by atoms with Crippen molar-refractivity contribution in [3.05, 3.63) is 0 Å². The van der Waals surface area contributed by atoms with E-state index in [1.807, 2.05) is 6.92 Å². The maximum absolute atomic E-state index is 11.9. The van der Waals surface area contributed by atoms with Gasteiger partial charge in [-0.2, -0.15) is 0 Å². The molecule has 46 heavy (non-hydrogen) atoms. The molecule has 2 aliphatic heterocycles. The van der Waals surface area contributed by atoms with Crippen molar-refractivity contribution in [3.8, 4) is 0 Å². The second-order valence-electron chi connectivity index (χ2n) is 18.0. The van der Waals surface area contributed by atoms with Crippen molar-refractivity contribution in [2.24, 2.45) is 51.1 Å². The first-order chi connectivity index (χ1) is 21.5. The Morgan fingerprint density at radius 1 is 1.00 bits per heavy atom. The summed E-state index contributed by atoms with van der Waals surface area (Å²) in [6, 6.07) is -0.316. The number of hydrogen-bond acceptors (Lipinski definition) is 8. The first-order valence-corrected chi connectivity index (χ1v) is 18.4. The Kier molecular flexibility index (Phi) is 8.04. The van der Waals surface area contributed by atoms with Gasteiger partial charge in [0.05, 0.1) is 43.1 Å². The molecule has 0 aromatic carbocycles. The number of aliphatic hydroxyl groups is 1. The van der Waals surface area contributed by atoms with E-state index in [9.17, 15) is 14.7 Å². The molecule has 5 aliphatic carbocycles. The van der Waals surface area contributed by atoms with Gasteiger partial charge in [0.2, 0.25) is 5.91 Å². The first-order valence-electron chi connectivity index (χ1n) is 18.4. The number of hydrogen-bond donors (Lipinski definition) is 2. The number of carbonyl (C=O) groups excluding carboxylic acids is 2. The molecule has 2 spiro atoms. The van der Waals surface area contributed by atoms with Crippen LogP contribution in [0.2, 0.25) is 0 Å². The molecule has 2 heterocycles. The van der Waals surface area contributed by atoms with Crippen LogP contribution in [0, 0.1) is 45.3 Å². The van der Waals surface area contributed by atoms with Crippen molar-refractivity contribution in [2.75, 3.05) is 19.7 Å². The molecule has 0 aromatic rings. The van der Waals surface area contributed by atoms with Gasteiger partial charge < -0.3 is 29.8 Å². The van der Waals surface area contributed by atoms with Gasteiger partial charge in [0.25, 0.3) is 0 Å². The number of esters is 1. The van der Waals surface area contributed by atoms with Gasteiger partial charge in [-0.3, -0.25) is 14.5 Å². The van der Waals surface area contributed by atoms with Gasteiger partial charge >= 0.3 is 5.97 Å². The largest absolute Gasteiger partial charge is 0.457 e. The molecule has 260 valence electrons. The summed E-state index contributed by atoms with van der Waals surface area (Å²) in [5.41, 5.74) is 5.66. The van der Waals surface area contributed by atoms with Crippen LogP contribution in [0.3, 0.4) is 0 Å². The Balaban J connectivity index is 1.05. The van der Waals surface area contributed by atoms with E-state index < -0.39 is 11.7 Å². The summed E-state index contributed by atoms with van der Waals surface area (Å²) in [7, 11) is 0. The van der Waals surface area contributed by atoms with Crippen LogP contribution in [0.15, 0.2) is 0 Å². The molecule has 9 heteroatoms. The number of nitrogens with zero attached hydrogens (tertiary/aromatic N) is 1. The van der Waals surface area contributed by atoms with E-state index in [1.165, 1.54) is 45.4 Å². The van der Waals surface area contributed by atoms with Crippen molar-refractivity contribution in [2.45, 2.75) is 155 Å². The fourth-order valence-electron chi connectivity index (χ4n) is 13.0. The van der Waals surface area contributed by atoms with Crippen molar-refractivity contribution < 1.29 is 33.6 Å². The molecular weight excluding hydrogens is 584 g/mol. The zero-order valence-electron chi connectivity index (χ0n) is 29.4. The van der Waals surface area contributed by atoms with E-state index in [0.717, 1.165) is 31.6 Å². The Bertz CT molecular complexity index is 1220. The summed E-state index contributed by atoms with van der Waals surface area (Å²) in [5, 5.41) is 10.9. The lowest BCUT2D eigenvalue weighted by atomic mass is 9.46. The fraction of sp³-hybridized carbons (Fsp3) is 0.946. The molecular formula is C37H60N2O7. The SMILES string of the molecule is CC(=O)O[C@@H](C1CCC2C(CC3C4CCC5C(C)(C)[C@@H](OC6CN(C(C)C(N)=O)CCO6)CCC56C[C@@]46CCC23C)O1)C(C)(C)O. The van der Waals surface area contributed by atoms with E-state index in [-0.39, 0.29) is 53.4 Å². The van der Waals surface area contributed by atoms with Crippen LogP contribution in [0.1, 0.15) is 113 Å². The minimum absolute atomic E-state index is 0.0528. The van der Waals surface area contributed by atoms with E-state index in [4.69, 9.17) is 24.7 Å². The van der Waals surface area contributed by atoms with Gasteiger partial charge in [-0.15, -0.1) is 0 Å². The van der Waals surface area contributed by atoms with Crippen molar-refractivity contribution in [1.29, 1.82) is 0 Å². The van der Waals surface area contributed by atoms with Crippen LogP contribution in [0.25, 0.3) is 0 Å². The van der Waals surface area contributed by atoms with Gasteiger partial charge in [0, 0.05) is 13.5 Å². The standard InChI is InChI=1S/C37H60N2O7/c1-21(32(38)41)39-16-17-43-30(19-39)46-29-12-13-37-20-36(37)15-14-35(7)24-8-10-26(31(34(5,6)42)44-22(2)40)45-27(24)18-25(35)23(36)9-11-28(37)33(29,3)4/h21,23-31,42H,8-20H2,1-7H3,(H2,38,41)/t21?,23?,24?,25?,26?,27?,28?,29-,30?,31-,35?,36-,37?/m0/s1. The average Bonchev–Trinajstić information content (AvgIpc) is 3.56. The predicted octanol–water partition coefficient (Wildman–Crippen LogP) is 4.81. The van der Waals surface area contributed by atoms with Crippen LogP contribution in [-0.2, 0) is 28.5 Å². The maximum Gasteiger partial charge on any atom is 0.303 e. The van der Waals surface area contributed by atoms with Crippen molar-refractivity contribution >= 4 is 11.9 Å². The lowest BCUT2D eigenvalue weighted by molar-refractivity contribution is -0.247. The van der Waals surface area contributed by atoms with Gasteiger partial charge in [-0.1, -0.05) is 20.8 Å². The third-order valence-corrected chi connectivity index (χ3v) is 15.2. The third-order valence-electron chi connectivity index (χ3n) is 15.2. The van der Waals surface area contributed by atoms with Gasteiger partial charge in [-0.05, 0) is 130 Å². The highest BCUT2D eigenvalue weighted by Crippen LogP contribution is 2.87. The molecule has 1 amide bonds. The number of morpholine rings is 1. The Hall–Kier alpha value is -1.26. The molecule has 7 aliphatic rings. The molecule has 7 fully saturated rings. The highest BCUT2D eigenvalue weighted by atomic mass is 16.7. The van der Waals surface area contributed by atoms with Gasteiger partial charge in [0.15, 0.2) is 12.4 Å². The maximum atomic E-state index is 11.9. The van der Waals surface area contributed by atoms with Crippen molar-refractivity contribution in [1.82, 2.24) is 4.90 Å². The number of amides is 1. The predicted molar refractivity (Wildman–Crippen MR) is 172 cm³/mol. The van der Waals surface area contributed by atoms with Crippen LogP contribution < -0.4 is 5.73 Å². The van der Waals surface area contributed by atoms with Crippen LogP contribution >= 0.6 is 0 Å². The fourth-order valence-corrected chi connectivity index (χ4v) is 13.0. The minimum atomic E-state index is -1.15. The molecule has 10 unspecified atom stereocenters. The number of fused-ring (bicyclic) bond motifs is 4. The average molecular weight is 645 g/mol. The van der Waals surface area contributed by atoms with Crippen LogP contribution in [0.4, 0.5) is 0 Å². The zero-order chi connectivity index (χ0) is 33.0. The summed E-state index contributed by atoms with van der Waals surface area (Å²) >= 11 is 0. The van der Waals surface area contributed by atoms with Crippen molar-refractivity contribution in [3.63, 3.8) is 0 Å². The summed E-state index contributed by atoms with van der Waals surface area (Å²) in [6.07, 6.45) is 10.9. The normalized spacial score (nSPS) is 47.7. The molecule has 2 saturated heterocycles. The minimum Gasteiger partial charge on any atom is -0.457 e. The second-order valence-corrected chi connectivity index (χ2v) is 18.0. The molecule has 0 radical (unpaired) electrons. The van der Waals surface area contributed by atoms with E-state index in [2.05, 4.69) is 25.7 Å². The summed E-state index contributed by atoms with van der Waals surface area (Å²) in [6.45, 7) is 16.1. The number of primary amides is 1. The Morgan fingerprint density at radius 3 is 2.43 bits per heavy atom. The summed E-state index contributed by atoms with van der Waals surface area (Å²) in [4.78, 5) is 25.9. The highest BCUT2D eigenvalue weighted by Gasteiger charge is 2.80. The molecule has 0 bridgehead atoms. The smallest absolute Gasteiger partial charge is 0.303 e. The highest BCUT2D eigenvalue weighted by molar-refractivity contribution is 5.79. The molecule has 7 rings (SSSR count). The second kappa shape index (κ2) is 11.1. The van der Waals surface area contributed by atoms with E-state index >= 15 is 0 Å². The van der Waals surface area contributed by atoms with Gasteiger partial charge in [-0.25, -0.2) is 0 Å². The third kappa shape index (κ3) is 4.94. The molecule has 3 N–H and O–H groups in total. The molecule has 0 aromatic heterocycles. The lowest BCUT2D eigenvalue weighted by Crippen LogP contribution is -2.57. The Labute approximate surface area is 276 Å². The number of carbonyl (C=O) groups is 2. The summed E-state index contributed by atoms with van der Waals surface area (Å²) in [5.74, 6) is 1.92. The monoisotopic (exact) mass is 644 g/mol. The zero-order valence-corrected chi connectivity index (χ0v) is 29.4. The number of rotatable bonds is 7. The van der Waals surface area contributed by atoms with E-state index in [1.54, 1.807) is 13.8 Å². The number of nitrogens with two attached hydrogens (primary N) is 1. The number of ether oxygens (including phenoxy) is 4. The molecule has 9 nitrogen and oxygen atoms in total. The first kappa shape index (κ1) is 33.2. The Morgan fingerprint density at radius 2 is 1.74 bits per heavy atom. The van der Waals surface area contributed by atoms with Crippen LogP contribution in [0.5, 0.6) is 0 Å². The van der Waals surface area contributed by atoms with Gasteiger partial charge in [0.1, 0.15) is 0 Å². The molecule has 13 atom stereocenters. The molecule has 5 saturated carbocycles. The van der Waals surface area contributed by atoms with E-state index in [0.29, 0.717) is 48.3 Å². The van der Waals surface area contributed by atoms with Crippen LogP contribution in [-0.4, -0.2) is 83.9 Å². The quantitative estimate of drug-likeness (QED) is 0.379. The summed E-state index contributed by atoms with van der Waals surface area (Å²) < 4.78 is 25.4. The topological polar surface area (TPSA) is 121 Å². The lowest BCUT2D eigenvalue weighted by Gasteiger charge is -2.60.